The Morgan fingerprint density at radius 3 is 2.92 bits per heavy atom. The standard InChI is InChI=1S/C17H20FN3O3/c18-15-5-2-1-4-14(15)10-17(13-22)12-20(8-9-24-17)16(23)11-21-7-3-6-19-21/h1-7,22H,8-13H2/t17-/m1/s1. The largest absolute Gasteiger partial charge is 0.393 e. The van der Waals surface area contributed by atoms with Crippen LogP contribution in [0.1, 0.15) is 5.56 Å². The summed E-state index contributed by atoms with van der Waals surface area (Å²) in [5, 5.41) is 13.9. The topological polar surface area (TPSA) is 67.6 Å². The van der Waals surface area contributed by atoms with Crippen LogP contribution in [0, 0.1) is 5.82 Å². The maximum Gasteiger partial charge on any atom is 0.244 e. The van der Waals surface area contributed by atoms with Crippen LogP contribution in [0.2, 0.25) is 0 Å². The number of benzene rings is 1. The van der Waals surface area contributed by atoms with Gasteiger partial charge >= 0.3 is 0 Å². The Morgan fingerprint density at radius 2 is 2.21 bits per heavy atom. The van der Waals surface area contributed by atoms with E-state index in [-0.39, 0.29) is 37.8 Å². The molecular formula is C17H20FN3O3. The molecule has 7 heteroatoms. The second-order valence-electron chi connectivity index (χ2n) is 5.98. The van der Waals surface area contributed by atoms with Crippen LogP contribution >= 0.6 is 0 Å². The molecule has 128 valence electrons. The van der Waals surface area contributed by atoms with Gasteiger partial charge in [0.2, 0.25) is 5.91 Å². The molecule has 3 rings (SSSR count). The van der Waals surface area contributed by atoms with Crippen molar-refractivity contribution in [2.45, 2.75) is 18.6 Å². The zero-order valence-corrected chi connectivity index (χ0v) is 13.3. The molecule has 0 radical (unpaired) electrons. The van der Waals surface area contributed by atoms with Crippen LogP contribution in [0.15, 0.2) is 42.7 Å². The quantitative estimate of drug-likeness (QED) is 0.881. The minimum absolute atomic E-state index is 0.103. The molecule has 1 saturated heterocycles. The van der Waals surface area contributed by atoms with E-state index in [1.807, 2.05) is 0 Å². The first-order chi connectivity index (χ1) is 11.6. The molecule has 0 bridgehead atoms. The summed E-state index contributed by atoms with van der Waals surface area (Å²) in [6.07, 6.45) is 3.54. The van der Waals surface area contributed by atoms with Crippen LogP contribution in [-0.4, -0.2) is 57.6 Å². The molecule has 0 saturated carbocycles. The molecule has 6 nitrogen and oxygen atoms in total. The molecule has 0 unspecified atom stereocenters. The number of amides is 1. The van der Waals surface area contributed by atoms with E-state index in [0.717, 1.165) is 0 Å². The summed E-state index contributed by atoms with van der Waals surface area (Å²) in [5.74, 6) is -0.442. The van der Waals surface area contributed by atoms with Crippen LogP contribution in [0.5, 0.6) is 0 Å². The number of halogens is 1. The van der Waals surface area contributed by atoms with E-state index >= 15 is 0 Å². The molecule has 1 atom stereocenters. The average molecular weight is 333 g/mol. The van der Waals surface area contributed by atoms with E-state index in [9.17, 15) is 14.3 Å². The number of rotatable bonds is 5. The van der Waals surface area contributed by atoms with Gasteiger partial charge in [-0.1, -0.05) is 18.2 Å². The fourth-order valence-corrected chi connectivity index (χ4v) is 2.94. The number of ether oxygens (including phenoxy) is 1. The first-order valence-electron chi connectivity index (χ1n) is 7.85. The monoisotopic (exact) mass is 333 g/mol. The maximum absolute atomic E-state index is 13.9. The highest BCUT2D eigenvalue weighted by molar-refractivity contribution is 5.76. The molecular weight excluding hydrogens is 313 g/mol. The molecule has 1 N–H and O–H groups in total. The Balaban J connectivity index is 1.72. The van der Waals surface area contributed by atoms with E-state index in [1.54, 1.807) is 46.2 Å². The van der Waals surface area contributed by atoms with Gasteiger partial charge in [-0.2, -0.15) is 5.10 Å². The van der Waals surface area contributed by atoms with E-state index in [2.05, 4.69) is 5.10 Å². The molecule has 1 aromatic carbocycles. The third kappa shape index (κ3) is 3.63. The number of hydrogen-bond donors (Lipinski definition) is 1. The number of nitrogens with zero attached hydrogens (tertiary/aromatic N) is 3. The Kier molecular flexibility index (Phi) is 4.92. The molecule has 1 aliphatic rings. The predicted octanol–water partition coefficient (Wildman–Crippen LogP) is 0.855. The number of carbonyl (C=O) groups is 1. The lowest BCUT2D eigenvalue weighted by molar-refractivity contribution is -0.158. The summed E-state index contributed by atoms with van der Waals surface area (Å²) < 4.78 is 21.2. The van der Waals surface area contributed by atoms with Crippen molar-refractivity contribution in [2.75, 3.05) is 26.3 Å². The van der Waals surface area contributed by atoms with Crippen molar-refractivity contribution in [3.8, 4) is 0 Å². The van der Waals surface area contributed by atoms with Crippen LogP contribution in [0.25, 0.3) is 0 Å². The van der Waals surface area contributed by atoms with Gasteiger partial charge in [-0.05, 0) is 17.7 Å². The van der Waals surface area contributed by atoms with Crippen molar-refractivity contribution in [3.63, 3.8) is 0 Å². The van der Waals surface area contributed by atoms with Crippen LogP contribution in [-0.2, 0) is 22.5 Å². The minimum Gasteiger partial charge on any atom is -0.393 e. The van der Waals surface area contributed by atoms with Crippen molar-refractivity contribution in [3.05, 3.63) is 54.1 Å². The molecule has 1 fully saturated rings. The molecule has 1 amide bonds. The lowest BCUT2D eigenvalue weighted by Gasteiger charge is -2.42. The minimum atomic E-state index is -0.986. The summed E-state index contributed by atoms with van der Waals surface area (Å²) in [4.78, 5) is 14.1. The van der Waals surface area contributed by atoms with Crippen LogP contribution in [0.3, 0.4) is 0 Å². The second kappa shape index (κ2) is 7.11. The zero-order valence-electron chi connectivity index (χ0n) is 13.3. The first kappa shape index (κ1) is 16.6. The van der Waals surface area contributed by atoms with Crippen molar-refractivity contribution >= 4 is 5.91 Å². The summed E-state index contributed by atoms with van der Waals surface area (Å²) in [7, 11) is 0. The van der Waals surface area contributed by atoms with Crippen molar-refractivity contribution in [1.29, 1.82) is 0 Å². The smallest absolute Gasteiger partial charge is 0.244 e. The van der Waals surface area contributed by atoms with Gasteiger partial charge in [-0.15, -0.1) is 0 Å². The normalized spacial score (nSPS) is 21.0. The third-order valence-corrected chi connectivity index (χ3v) is 4.22. The van der Waals surface area contributed by atoms with Crippen molar-refractivity contribution in [1.82, 2.24) is 14.7 Å². The zero-order chi connectivity index (χ0) is 17.0. The van der Waals surface area contributed by atoms with Gasteiger partial charge < -0.3 is 14.7 Å². The van der Waals surface area contributed by atoms with Gasteiger partial charge in [0, 0.05) is 25.4 Å². The molecule has 2 heterocycles. The number of aliphatic hydroxyl groups is 1. The number of aliphatic hydroxyl groups excluding tert-OH is 1. The van der Waals surface area contributed by atoms with E-state index in [0.29, 0.717) is 18.7 Å². The average Bonchev–Trinajstić information content (AvgIpc) is 3.10. The van der Waals surface area contributed by atoms with Gasteiger partial charge in [0.1, 0.15) is 18.0 Å². The number of hydrogen-bond acceptors (Lipinski definition) is 4. The fraction of sp³-hybridized carbons (Fsp3) is 0.412. The lowest BCUT2D eigenvalue weighted by Crippen LogP contribution is -2.57. The predicted molar refractivity (Wildman–Crippen MR) is 84.7 cm³/mol. The maximum atomic E-state index is 13.9. The third-order valence-electron chi connectivity index (χ3n) is 4.22. The van der Waals surface area contributed by atoms with Gasteiger partial charge in [-0.25, -0.2) is 4.39 Å². The highest BCUT2D eigenvalue weighted by Gasteiger charge is 2.38. The molecule has 0 aliphatic carbocycles. The summed E-state index contributed by atoms with van der Waals surface area (Å²) in [6, 6.07) is 8.16. The van der Waals surface area contributed by atoms with Gasteiger partial charge in [0.15, 0.2) is 0 Å². The Morgan fingerprint density at radius 1 is 1.38 bits per heavy atom. The highest BCUT2D eigenvalue weighted by Crippen LogP contribution is 2.24. The van der Waals surface area contributed by atoms with Crippen LogP contribution in [0.4, 0.5) is 4.39 Å². The number of aromatic nitrogens is 2. The molecule has 2 aromatic rings. The summed E-state index contributed by atoms with van der Waals surface area (Å²) in [5.41, 5.74) is -0.520. The molecule has 1 aliphatic heterocycles. The fourth-order valence-electron chi connectivity index (χ4n) is 2.94. The highest BCUT2D eigenvalue weighted by atomic mass is 19.1. The van der Waals surface area contributed by atoms with Gasteiger partial charge in [-0.3, -0.25) is 9.48 Å². The van der Waals surface area contributed by atoms with Crippen molar-refractivity contribution in [2.24, 2.45) is 0 Å². The van der Waals surface area contributed by atoms with E-state index in [4.69, 9.17) is 4.74 Å². The van der Waals surface area contributed by atoms with E-state index in [1.165, 1.54) is 6.07 Å². The first-order valence-corrected chi connectivity index (χ1v) is 7.85. The summed E-state index contributed by atoms with van der Waals surface area (Å²) >= 11 is 0. The number of carbonyl (C=O) groups excluding carboxylic acids is 1. The molecule has 0 spiro atoms. The van der Waals surface area contributed by atoms with Gasteiger partial charge in [0.05, 0.1) is 19.8 Å². The summed E-state index contributed by atoms with van der Waals surface area (Å²) in [6.45, 7) is 0.817. The Labute approximate surface area is 139 Å². The molecule has 1 aromatic heterocycles. The second-order valence-corrected chi connectivity index (χ2v) is 5.98. The Bertz CT molecular complexity index is 692. The van der Waals surface area contributed by atoms with Crippen molar-refractivity contribution < 1.29 is 19.0 Å². The SMILES string of the molecule is O=C(Cn1cccn1)N1CCO[C@](CO)(Cc2ccccc2F)C1. The van der Waals surface area contributed by atoms with Gasteiger partial charge in [0.25, 0.3) is 0 Å². The Hall–Kier alpha value is -2.25. The van der Waals surface area contributed by atoms with E-state index < -0.39 is 5.60 Å². The lowest BCUT2D eigenvalue weighted by atomic mass is 9.92. The molecule has 24 heavy (non-hydrogen) atoms. The number of morpholine rings is 1. The van der Waals surface area contributed by atoms with Crippen LogP contribution < -0.4 is 0 Å².